The molecule has 1 saturated heterocycles. The molecule has 0 saturated carbocycles. The summed E-state index contributed by atoms with van der Waals surface area (Å²) in [6.45, 7) is 0.930. The van der Waals surface area contributed by atoms with Crippen LogP contribution >= 0.6 is 11.6 Å². The first-order chi connectivity index (χ1) is 8.08. The van der Waals surface area contributed by atoms with Crippen molar-refractivity contribution in [1.82, 2.24) is 9.88 Å². The summed E-state index contributed by atoms with van der Waals surface area (Å²) in [5.41, 5.74) is 0.592. The molecule has 0 radical (unpaired) electrons. The molecule has 1 N–H and O–H groups in total. The van der Waals surface area contributed by atoms with E-state index in [1.165, 1.54) is 4.90 Å². The average Bonchev–Trinajstić information content (AvgIpc) is 2.82. The zero-order valence-electron chi connectivity index (χ0n) is 9.02. The van der Waals surface area contributed by atoms with Gasteiger partial charge in [-0.25, -0.2) is 9.78 Å². The second-order valence-electron chi connectivity index (χ2n) is 4.53. The van der Waals surface area contributed by atoms with Crippen LogP contribution in [0.4, 0.5) is 4.79 Å². The molecule has 2 aliphatic heterocycles. The van der Waals surface area contributed by atoms with Crippen LogP contribution < -0.4 is 4.74 Å². The molecule has 1 aromatic heterocycles. The number of aromatic nitrogens is 1. The van der Waals surface area contributed by atoms with Crippen LogP contribution in [0.2, 0.25) is 5.15 Å². The molecule has 1 unspecified atom stereocenters. The van der Waals surface area contributed by atoms with Crippen LogP contribution in [0.1, 0.15) is 12.0 Å². The first-order valence-electron chi connectivity index (χ1n) is 5.39. The van der Waals surface area contributed by atoms with Crippen molar-refractivity contribution >= 4 is 17.7 Å². The lowest BCUT2D eigenvalue weighted by molar-refractivity contribution is 0.0966. The number of halogens is 1. The second kappa shape index (κ2) is 3.50. The van der Waals surface area contributed by atoms with E-state index in [9.17, 15) is 4.79 Å². The van der Waals surface area contributed by atoms with E-state index < -0.39 is 11.7 Å². The molecule has 1 spiro atoms. The molecule has 3 rings (SSSR count). The highest BCUT2D eigenvalue weighted by atomic mass is 35.5. The van der Waals surface area contributed by atoms with Gasteiger partial charge in [0.05, 0.1) is 6.54 Å². The first kappa shape index (κ1) is 10.7. The zero-order chi connectivity index (χ0) is 12.0. The Hall–Kier alpha value is -1.49. The average molecular weight is 255 g/mol. The molecule has 0 aliphatic carbocycles. The summed E-state index contributed by atoms with van der Waals surface area (Å²) < 4.78 is 5.89. The molecule has 1 aromatic rings. The Morgan fingerprint density at radius 2 is 2.47 bits per heavy atom. The lowest BCUT2D eigenvalue weighted by Gasteiger charge is -2.22. The van der Waals surface area contributed by atoms with Crippen molar-refractivity contribution in [3.8, 4) is 5.75 Å². The van der Waals surface area contributed by atoms with Crippen LogP contribution in [-0.4, -0.2) is 39.8 Å². The summed E-state index contributed by atoms with van der Waals surface area (Å²) in [6.07, 6.45) is 2.23. The Balaban J connectivity index is 1.84. The fourth-order valence-corrected chi connectivity index (χ4v) is 2.67. The van der Waals surface area contributed by atoms with Gasteiger partial charge >= 0.3 is 6.09 Å². The van der Waals surface area contributed by atoms with Gasteiger partial charge in [-0.05, 0) is 0 Å². The van der Waals surface area contributed by atoms with Gasteiger partial charge in [-0.15, -0.1) is 0 Å². The molecule has 3 heterocycles. The van der Waals surface area contributed by atoms with Crippen molar-refractivity contribution in [1.29, 1.82) is 0 Å². The lowest BCUT2D eigenvalue weighted by Crippen LogP contribution is -2.39. The van der Waals surface area contributed by atoms with Crippen molar-refractivity contribution in [2.75, 3.05) is 13.1 Å². The Kier molecular flexibility index (Phi) is 2.19. The summed E-state index contributed by atoms with van der Waals surface area (Å²) in [4.78, 5) is 16.3. The van der Waals surface area contributed by atoms with E-state index >= 15 is 0 Å². The smallest absolute Gasteiger partial charge is 0.407 e. The first-order valence-corrected chi connectivity index (χ1v) is 5.77. The van der Waals surface area contributed by atoms with Crippen LogP contribution in [0.25, 0.3) is 0 Å². The monoisotopic (exact) mass is 254 g/mol. The largest absolute Gasteiger partial charge is 0.485 e. The highest BCUT2D eigenvalue weighted by molar-refractivity contribution is 6.29. The van der Waals surface area contributed by atoms with E-state index in [0.29, 0.717) is 31.1 Å². The van der Waals surface area contributed by atoms with Gasteiger partial charge in [0.2, 0.25) is 0 Å². The topological polar surface area (TPSA) is 62.7 Å². The molecular weight excluding hydrogens is 244 g/mol. The summed E-state index contributed by atoms with van der Waals surface area (Å²) in [7, 11) is 0. The minimum Gasteiger partial charge on any atom is -0.485 e. The van der Waals surface area contributed by atoms with Crippen molar-refractivity contribution in [3.63, 3.8) is 0 Å². The summed E-state index contributed by atoms with van der Waals surface area (Å²) in [5.74, 6) is 0.734. The zero-order valence-corrected chi connectivity index (χ0v) is 9.78. The van der Waals surface area contributed by atoms with Crippen LogP contribution in [0.3, 0.4) is 0 Å². The number of carboxylic acid groups (broad SMARTS) is 1. The molecule has 1 amide bonds. The lowest BCUT2D eigenvalue weighted by atomic mass is 9.97. The molecule has 1 atom stereocenters. The molecule has 0 aromatic carbocycles. The van der Waals surface area contributed by atoms with Gasteiger partial charge in [0, 0.05) is 37.2 Å². The fraction of sp³-hybridized carbons (Fsp3) is 0.455. The molecule has 17 heavy (non-hydrogen) atoms. The molecule has 5 nitrogen and oxygen atoms in total. The molecule has 1 fully saturated rings. The minimum atomic E-state index is -0.891. The SMILES string of the molecule is O=C(O)N1CCC2(Cc3cnc(Cl)cc3O2)C1. The van der Waals surface area contributed by atoms with E-state index in [-0.39, 0.29) is 0 Å². The number of hydrogen-bond acceptors (Lipinski definition) is 3. The summed E-state index contributed by atoms with van der Waals surface area (Å²) in [5, 5.41) is 9.35. The van der Waals surface area contributed by atoms with Gasteiger partial charge in [-0.1, -0.05) is 11.6 Å². The molecule has 6 heteroatoms. The van der Waals surface area contributed by atoms with Crippen molar-refractivity contribution in [3.05, 3.63) is 23.0 Å². The predicted octanol–water partition coefficient (Wildman–Crippen LogP) is 1.79. The second-order valence-corrected chi connectivity index (χ2v) is 4.92. The minimum absolute atomic E-state index is 0.397. The Morgan fingerprint density at radius 1 is 1.65 bits per heavy atom. The van der Waals surface area contributed by atoms with E-state index in [1.54, 1.807) is 12.3 Å². The Bertz CT molecular complexity index is 494. The van der Waals surface area contributed by atoms with Gasteiger partial charge in [-0.3, -0.25) is 0 Å². The third kappa shape index (κ3) is 1.70. The maximum absolute atomic E-state index is 10.9. The van der Waals surface area contributed by atoms with Gasteiger partial charge in [-0.2, -0.15) is 0 Å². The van der Waals surface area contributed by atoms with Gasteiger partial charge < -0.3 is 14.7 Å². The highest BCUT2D eigenvalue weighted by Gasteiger charge is 2.46. The number of fused-ring (bicyclic) bond motifs is 1. The maximum atomic E-state index is 10.9. The van der Waals surface area contributed by atoms with Crippen LogP contribution in [0, 0.1) is 0 Å². The number of carbonyl (C=O) groups is 1. The Labute approximate surface area is 103 Å². The molecule has 90 valence electrons. The van der Waals surface area contributed by atoms with Crippen molar-refractivity contribution < 1.29 is 14.6 Å². The normalized spacial score (nSPS) is 26.1. The highest BCUT2D eigenvalue weighted by Crippen LogP contribution is 2.40. The van der Waals surface area contributed by atoms with Crippen LogP contribution in [0.5, 0.6) is 5.75 Å². The molecule has 0 bridgehead atoms. The van der Waals surface area contributed by atoms with Gasteiger partial charge in [0.1, 0.15) is 16.5 Å². The molecule has 2 aliphatic rings. The maximum Gasteiger partial charge on any atom is 0.407 e. The third-order valence-corrected chi connectivity index (χ3v) is 3.54. The van der Waals surface area contributed by atoms with Crippen molar-refractivity contribution in [2.24, 2.45) is 0 Å². The summed E-state index contributed by atoms with van der Waals surface area (Å²) in [6, 6.07) is 1.69. The van der Waals surface area contributed by atoms with E-state index in [2.05, 4.69) is 4.98 Å². The summed E-state index contributed by atoms with van der Waals surface area (Å²) >= 11 is 5.80. The van der Waals surface area contributed by atoms with E-state index in [4.69, 9.17) is 21.4 Å². The van der Waals surface area contributed by atoms with Crippen molar-refractivity contribution in [2.45, 2.75) is 18.4 Å². The number of amides is 1. The number of likely N-dealkylation sites (tertiary alicyclic amines) is 1. The molecular formula is C11H11ClN2O3. The number of hydrogen-bond donors (Lipinski definition) is 1. The fourth-order valence-electron chi connectivity index (χ4n) is 2.52. The standard InChI is InChI=1S/C11H11ClN2O3/c12-9-3-8-7(5-13-9)4-11(17-8)1-2-14(6-11)10(15)16/h3,5H,1-2,4,6H2,(H,15,16). The van der Waals surface area contributed by atoms with E-state index in [1.807, 2.05) is 0 Å². The number of nitrogens with zero attached hydrogens (tertiary/aromatic N) is 2. The predicted molar refractivity (Wildman–Crippen MR) is 60.5 cm³/mol. The van der Waals surface area contributed by atoms with E-state index in [0.717, 1.165) is 11.3 Å². The number of pyridine rings is 1. The Morgan fingerprint density at radius 3 is 3.18 bits per heavy atom. The van der Waals surface area contributed by atoms with Gasteiger partial charge in [0.15, 0.2) is 0 Å². The quantitative estimate of drug-likeness (QED) is 0.717. The third-order valence-electron chi connectivity index (χ3n) is 3.34. The number of ether oxygens (including phenoxy) is 1. The van der Waals surface area contributed by atoms with Gasteiger partial charge in [0.25, 0.3) is 0 Å². The number of rotatable bonds is 0. The van der Waals surface area contributed by atoms with Crippen LogP contribution in [-0.2, 0) is 6.42 Å². The van der Waals surface area contributed by atoms with Crippen LogP contribution in [0.15, 0.2) is 12.3 Å².